The molecule has 1 rings (SSSR count). The minimum atomic E-state index is -4.29. The number of methoxy groups -OCH3 is 1. The summed E-state index contributed by atoms with van der Waals surface area (Å²) < 4.78 is 43.3. The van der Waals surface area contributed by atoms with Gasteiger partial charge in [0, 0.05) is 20.2 Å². The van der Waals surface area contributed by atoms with Crippen LogP contribution in [-0.4, -0.2) is 26.8 Å². The Balaban J connectivity index is 2.70. The zero-order chi connectivity index (χ0) is 13.6. The third-order valence-corrected chi connectivity index (χ3v) is 2.73. The summed E-state index contributed by atoms with van der Waals surface area (Å²) in [6, 6.07) is 5.71. The molecule has 2 nitrogen and oxygen atoms in total. The summed E-state index contributed by atoms with van der Waals surface area (Å²) in [7, 11) is 1.59. The Labute approximate surface area is 105 Å². The molecule has 5 heteroatoms. The van der Waals surface area contributed by atoms with Crippen molar-refractivity contribution in [2.75, 3.05) is 26.8 Å². The highest BCUT2D eigenvalue weighted by atomic mass is 19.4. The molecule has 1 atom stereocenters. The smallest absolute Gasteiger partial charge is 0.383 e. The van der Waals surface area contributed by atoms with Crippen LogP contribution in [0.15, 0.2) is 24.3 Å². The molecule has 0 heterocycles. The van der Waals surface area contributed by atoms with Crippen LogP contribution in [0, 0.1) is 0 Å². The van der Waals surface area contributed by atoms with Gasteiger partial charge in [0.15, 0.2) is 0 Å². The molecule has 102 valence electrons. The maximum Gasteiger partial charge on any atom is 0.416 e. The zero-order valence-corrected chi connectivity index (χ0v) is 10.6. The van der Waals surface area contributed by atoms with Crippen molar-refractivity contribution in [3.63, 3.8) is 0 Å². The van der Waals surface area contributed by atoms with Gasteiger partial charge in [0.25, 0.3) is 0 Å². The van der Waals surface area contributed by atoms with E-state index in [4.69, 9.17) is 4.74 Å². The van der Waals surface area contributed by atoms with Crippen molar-refractivity contribution < 1.29 is 17.9 Å². The molecule has 18 heavy (non-hydrogen) atoms. The highest BCUT2D eigenvalue weighted by Gasteiger charge is 2.33. The molecule has 0 bridgehead atoms. The summed E-state index contributed by atoms with van der Waals surface area (Å²) >= 11 is 0. The maximum absolute atomic E-state index is 12.8. The van der Waals surface area contributed by atoms with Crippen molar-refractivity contribution in [3.8, 4) is 0 Å². The van der Waals surface area contributed by atoms with E-state index < -0.39 is 11.7 Å². The molecule has 1 aromatic rings. The second-order valence-corrected chi connectivity index (χ2v) is 4.18. The highest BCUT2D eigenvalue weighted by Crippen LogP contribution is 2.34. The van der Waals surface area contributed by atoms with Crippen molar-refractivity contribution in [2.24, 2.45) is 0 Å². The Morgan fingerprint density at radius 3 is 2.56 bits per heavy atom. The molecule has 0 saturated heterocycles. The van der Waals surface area contributed by atoms with E-state index in [1.54, 1.807) is 20.1 Å². The molecule has 0 aliphatic heterocycles. The summed E-state index contributed by atoms with van der Waals surface area (Å²) in [5.41, 5.74) is -0.221. The fourth-order valence-corrected chi connectivity index (χ4v) is 1.79. The number of benzene rings is 1. The zero-order valence-electron chi connectivity index (χ0n) is 10.6. The monoisotopic (exact) mass is 261 g/mol. The summed E-state index contributed by atoms with van der Waals surface area (Å²) in [6.07, 6.45) is -4.29. The molecule has 0 saturated carbocycles. The molecule has 0 aliphatic carbocycles. The Morgan fingerprint density at radius 2 is 1.94 bits per heavy atom. The van der Waals surface area contributed by atoms with Crippen LogP contribution in [0.1, 0.15) is 24.0 Å². The molecule has 0 aromatic heterocycles. The van der Waals surface area contributed by atoms with Gasteiger partial charge < -0.3 is 10.1 Å². The van der Waals surface area contributed by atoms with E-state index in [2.05, 4.69) is 5.32 Å². The van der Waals surface area contributed by atoms with Gasteiger partial charge in [-0.05, 0) is 17.5 Å². The van der Waals surface area contributed by atoms with Gasteiger partial charge in [0.1, 0.15) is 0 Å². The van der Waals surface area contributed by atoms with Crippen LogP contribution in [0.4, 0.5) is 13.2 Å². The SMILES string of the molecule is COCCNCC(C)c1ccccc1C(F)(F)F. The lowest BCUT2D eigenvalue weighted by Crippen LogP contribution is -2.25. The molecule has 0 radical (unpaired) electrons. The minimum Gasteiger partial charge on any atom is -0.383 e. The van der Waals surface area contributed by atoms with Crippen molar-refractivity contribution in [3.05, 3.63) is 35.4 Å². The first-order valence-electron chi connectivity index (χ1n) is 5.82. The van der Waals surface area contributed by atoms with Gasteiger partial charge in [-0.2, -0.15) is 13.2 Å². The van der Waals surface area contributed by atoms with Crippen molar-refractivity contribution in [2.45, 2.75) is 19.0 Å². The van der Waals surface area contributed by atoms with Crippen LogP contribution < -0.4 is 5.32 Å². The topological polar surface area (TPSA) is 21.3 Å². The largest absolute Gasteiger partial charge is 0.416 e. The number of rotatable bonds is 6. The van der Waals surface area contributed by atoms with Gasteiger partial charge in [-0.25, -0.2) is 0 Å². The van der Waals surface area contributed by atoms with E-state index in [-0.39, 0.29) is 5.92 Å². The lowest BCUT2D eigenvalue weighted by atomic mass is 9.95. The number of alkyl halides is 3. The van der Waals surface area contributed by atoms with Crippen molar-refractivity contribution in [1.29, 1.82) is 0 Å². The summed E-state index contributed by atoms with van der Waals surface area (Å²) in [5, 5.41) is 3.07. The third-order valence-electron chi connectivity index (χ3n) is 2.73. The molecule has 1 N–H and O–H groups in total. The number of nitrogens with one attached hydrogen (secondary N) is 1. The van der Waals surface area contributed by atoms with Gasteiger partial charge in [0.05, 0.1) is 12.2 Å². The first kappa shape index (κ1) is 15.0. The average molecular weight is 261 g/mol. The normalized spacial score (nSPS) is 13.6. The fraction of sp³-hybridized carbons (Fsp3) is 0.538. The van der Waals surface area contributed by atoms with Crippen molar-refractivity contribution >= 4 is 0 Å². The second kappa shape index (κ2) is 6.75. The molecule has 0 spiro atoms. The number of ether oxygens (including phenoxy) is 1. The van der Waals surface area contributed by atoms with Crippen LogP contribution in [0.2, 0.25) is 0 Å². The number of hydrogen-bond donors (Lipinski definition) is 1. The predicted octanol–water partition coefficient (Wildman–Crippen LogP) is 3.04. The summed E-state index contributed by atoms with van der Waals surface area (Å²) in [5.74, 6) is -0.195. The molecular weight excluding hydrogens is 243 g/mol. The standard InChI is InChI=1S/C13H18F3NO/c1-10(9-17-7-8-18-2)11-5-3-4-6-12(11)13(14,15)16/h3-6,10,17H,7-9H2,1-2H3. The van der Waals surface area contributed by atoms with Crippen LogP contribution >= 0.6 is 0 Å². The molecule has 0 fully saturated rings. The molecule has 0 amide bonds. The van der Waals surface area contributed by atoms with Crippen LogP contribution in [0.25, 0.3) is 0 Å². The third kappa shape index (κ3) is 4.31. The summed E-state index contributed by atoms with van der Waals surface area (Å²) in [6.45, 7) is 3.46. The molecule has 1 aromatic carbocycles. The van der Waals surface area contributed by atoms with Crippen molar-refractivity contribution in [1.82, 2.24) is 5.32 Å². The first-order valence-corrected chi connectivity index (χ1v) is 5.82. The first-order chi connectivity index (χ1) is 8.46. The van der Waals surface area contributed by atoms with Crippen LogP contribution in [0.3, 0.4) is 0 Å². The second-order valence-electron chi connectivity index (χ2n) is 4.18. The van der Waals surface area contributed by atoms with E-state index >= 15 is 0 Å². The van der Waals surface area contributed by atoms with E-state index in [0.717, 1.165) is 6.07 Å². The fourth-order valence-electron chi connectivity index (χ4n) is 1.79. The van der Waals surface area contributed by atoms with Gasteiger partial charge >= 0.3 is 6.18 Å². The molecular formula is C13H18F3NO. The van der Waals surface area contributed by atoms with Gasteiger partial charge in [0.2, 0.25) is 0 Å². The molecule has 0 aliphatic rings. The van der Waals surface area contributed by atoms with E-state index in [0.29, 0.717) is 25.3 Å². The molecule has 1 unspecified atom stereocenters. The van der Waals surface area contributed by atoms with Gasteiger partial charge in [-0.15, -0.1) is 0 Å². The van der Waals surface area contributed by atoms with E-state index in [1.165, 1.54) is 12.1 Å². The van der Waals surface area contributed by atoms with Crippen LogP contribution in [0.5, 0.6) is 0 Å². The Hall–Kier alpha value is -1.07. The van der Waals surface area contributed by atoms with Gasteiger partial charge in [-0.1, -0.05) is 25.1 Å². The Bertz CT molecular complexity index is 365. The van der Waals surface area contributed by atoms with Gasteiger partial charge in [-0.3, -0.25) is 0 Å². The lowest BCUT2D eigenvalue weighted by molar-refractivity contribution is -0.138. The maximum atomic E-state index is 12.8. The minimum absolute atomic E-state index is 0.195. The number of hydrogen-bond acceptors (Lipinski definition) is 2. The van der Waals surface area contributed by atoms with E-state index in [9.17, 15) is 13.2 Å². The Kier molecular flexibility index (Phi) is 5.62. The predicted molar refractivity (Wildman–Crippen MR) is 64.6 cm³/mol. The Morgan fingerprint density at radius 1 is 1.28 bits per heavy atom. The van der Waals surface area contributed by atoms with Crippen LogP contribution in [-0.2, 0) is 10.9 Å². The quantitative estimate of drug-likeness (QED) is 0.795. The lowest BCUT2D eigenvalue weighted by Gasteiger charge is -2.18. The summed E-state index contributed by atoms with van der Waals surface area (Å²) in [4.78, 5) is 0. The highest BCUT2D eigenvalue weighted by molar-refractivity contribution is 5.32. The number of halogens is 3. The van der Waals surface area contributed by atoms with E-state index in [1.807, 2.05) is 0 Å². The average Bonchev–Trinajstić information content (AvgIpc) is 2.33.